The van der Waals surface area contributed by atoms with Gasteiger partial charge in [-0.2, -0.15) is 0 Å². The molecule has 116 valence electrons. The molecule has 4 heteroatoms. The van der Waals surface area contributed by atoms with Gasteiger partial charge in [-0.05, 0) is 43.3 Å². The van der Waals surface area contributed by atoms with E-state index in [4.69, 9.17) is 9.73 Å². The van der Waals surface area contributed by atoms with E-state index in [1.807, 2.05) is 60.7 Å². The smallest absolute Gasteiger partial charge is 0.190 e. The van der Waals surface area contributed by atoms with Crippen LogP contribution in [-0.2, 0) is 6.54 Å². The average Bonchev–Trinajstić information content (AvgIpc) is 2.91. The second-order valence-electron chi connectivity index (χ2n) is 5.08. The number of ether oxygens (including phenoxy) is 1. The molecule has 0 saturated heterocycles. The summed E-state index contributed by atoms with van der Waals surface area (Å²) in [5, 5.41) is 2.11. The fourth-order valence-electron chi connectivity index (χ4n) is 2.18. The summed E-state index contributed by atoms with van der Waals surface area (Å²) < 4.78 is 7.94. The van der Waals surface area contributed by atoms with Gasteiger partial charge in [0, 0.05) is 17.6 Å². The zero-order chi connectivity index (χ0) is 16.1. The van der Waals surface area contributed by atoms with Crippen molar-refractivity contribution in [3.63, 3.8) is 0 Å². The van der Waals surface area contributed by atoms with Gasteiger partial charge in [0.05, 0.1) is 5.69 Å². The number of aryl methyl sites for hydroxylation is 1. The van der Waals surface area contributed by atoms with Crippen LogP contribution in [0.1, 0.15) is 5.69 Å². The second kappa shape index (κ2) is 7.11. The zero-order valence-corrected chi connectivity index (χ0v) is 13.8. The zero-order valence-electron chi connectivity index (χ0n) is 13.0. The van der Waals surface area contributed by atoms with Gasteiger partial charge in [-0.25, -0.2) is 4.99 Å². The summed E-state index contributed by atoms with van der Waals surface area (Å²) in [6.45, 7) is 6.65. The normalized spacial score (nSPS) is 11.4. The van der Waals surface area contributed by atoms with Gasteiger partial charge in [-0.15, -0.1) is 17.9 Å². The predicted molar refractivity (Wildman–Crippen MR) is 95.4 cm³/mol. The molecule has 3 rings (SSSR count). The first-order valence-corrected chi connectivity index (χ1v) is 8.28. The van der Waals surface area contributed by atoms with Crippen molar-refractivity contribution in [2.45, 2.75) is 13.5 Å². The number of allylic oxidation sites excluding steroid dienone is 1. The van der Waals surface area contributed by atoms with Crippen LogP contribution in [0, 0.1) is 6.92 Å². The first kappa shape index (κ1) is 15.3. The summed E-state index contributed by atoms with van der Waals surface area (Å²) in [6.07, 6.45) is 1.88. The number of nitrogens with zero attached hydrogens (tertiary/aromatic N) is 2. The maximum atomic E-state index is 5.79. The van der Waals surface area contributed by atoms with Crippen LogP contribution >= 0.6 is 11.3 Å². The highest BCUT2D eigenvalue weighted by Gasteiger charge is 2.00. The topological polar surface area (TPSA) is 26.5 Å². The quantitative estimate of drug-likeness (QED) is 0.602. The Labute approximate surface area is 139 Å². The van der Waals surface area contributed by atoms with Gasteiger partial charge in [0.15, 0.2) is 4.80 Å². The molecule has 0 N–H and O–H groups in total. The molecule has 0 aliphatic rings. The molecular formula is C19H18N2OS. The van der Waals surface area contributed by atoms with Gasteiger partial charge >= 0.3 is 0 Å². The summed E-state index contributed by atoms with van der Waals surface area (Å²) in [7, 11) is 0. The van der Waals surface area contributed by atoms with Crippen molar-refractivity contribution >= 4 is 17.0 Å². The van der Waals surface area contributed by atoms with E-state index < -0.39 is 0 Å². The van der Waals surface area contributed by atoms with E-state index in [9.17, 15) is 0 Å². The lowest BCUT2D eigenvalue weighted by atomic mass is 10.3. The highest BCUT2D eigenvalue weighted by molar-refractivity contribution is 7.07. The average molecular weight is 322 g/mol. The lowest BCUT2D eigenvalue weighted by Crippen LogP contribution is -2.14. The first-order chi connectivity index (χ1) is 11.3. The Hall–Kier alpha value is -2.59. The van der Waals surface area contributed by atoms with Crippen molar-refractivity contribution in [2.24, 2.45) is 4.99 Å². The molecule has 0 unspecified atom stereocenters. The number of benzene rings is 2. The maximum absolute atomic E-state index is 5.79. The van der Waals surface area contributed by atoms with Crippen molar-refractivity contribution < 1.29 is 4.74 Å². The monoisotopic (exact) mass is 322 g/mol. The first-order valence-electron chi connectivity index (χ1n) is 7.40. The Morgan fingerprint density at radius 2 is 1.78 bits per heavy atom. The molecule has 2 aromatic carbocycles. The van der Waals surface area contributed by atoms with Crippen LogP contribution in [0.4, 0.5) is 5.69 Å². The molecule has 0 radical (unpaired) electrons. The van der Waals surface area contributed by atoms with Crippen LogP contribution in [-0.4, -0.2) is 4.57 Å². The van der Waals surface area contributed by atoms with Crippen LogP contribution < -0.4 is 9.54 Å². The standard InChI is InChI=1S/C19H18N2OS/c1-3-13-21-15(2)14-23-19(21)20-16-9-11-18(12-10-16)22-17-7-5-4-6-8-17/h3-12,14H,1,13H2,2H3. The third-order valence-electron chi connectivity index (χ3n) is 3.34. The number of hydrogen-bond acceptors (Lipinski definition) is 3. The third kappa shape index (κ3) is 3.79. The minimum Gasteiger partial charge on any atom is -0.457 e. The molecule has 1 heterocycles. The lowest BCUT2D eigenvalue weighted by Gasteiger charge is -2.05. The Morgan fingerprint density at radius 1 is 1.09 bits per heavy atom. The predicted octanol–water partition coefficient (Wildman–Crippen LogP) is 5.07. The molecule has 1 aromatic heterocycles. The van der Waals surface area contributed by atoms with Crippen LogP contribution in [0.2, 0.25) is 0 Å². The SMILES string of the molecule is C=CCn1c(C)csc1=Nc1ccc(Oc2ccccc2)cc1. The summed E-state index contributed by atoms with van der Waals surface area (Å²) >= 11 is 1.64. The molecule has 0 fully saturated rings. The van der Waals surface area contributed by atoms with Crippen LogP contribution in [0.15, 0.2) is 77.6 Å². The Balaban J connectivity index is 1.83. The highest BCUT2D eigenvalue weighted by atomic mass is 32.1. The maximum Gasteiger partial charge on any atom is 0.190 e. The number of hydrogen-bond donors (Lipinski definition) is 0. The summed E-state index contributed by atoms with van der Waals surface area (Å²) in [6, 6.07) is 17.5. The van der Waals surface area contributed by atoms with Crippen molar-refractivity contribution in [2.75, 3.05) is 0 Å². The summed E-state index contributed by atoms with van der Waals surface area (Å²) in [4.78, 5) is 5.68. The van der Waals surface area contributed by atoms with Gasteiger partial charge in [0.25, 0.3) is 0 Å². The summed E-state index contributed by atoms with van der Waals surface area (Å²) in [5.41, 5.74) is 2.10. The Bertz CT molecular complexity index is 845. The number of para-hydroxylation sites is 1. The fourth-order valence-corrected chi connectivity index (χ4v) is 3.08. The van der Waals surface area contributed by atoms with Gasteiger partial charge in [-0.3, -0.25) is 0 Å². The Kier molecular flexibility index (Phi) is 4.74. The van der Waals surface area contributed by atoms with Crippen molar-refractivity contribution in [1.82, 2.24) is 4.57 Å². The number of aromatic nitrogens is 1. The van der Waals surface area contributed by atoms with E-state index in [-0.39, 0.29) is 0 Å². The van der Waals surface area contributed by atoms with E-state index >= 15 is 0 Å². The second-order valence-corrected chi connectivity index (χ2v) is 5.92. The largest absolute Gasteiger partial charge is 0.457 e. The van der Waals surface area contributed by atoms with E-state index in [0.29, 0.717) is 0 Å². The van der Waals surface area contributed by atoms with Crippen molar-refractivity contribution in [3.8, 4) is 11.5 Å². The molecular weight excluding hydrogens is 304 g/mol. The third-order valence-corrected chi connectivity index (χ3v) is 4.33. The number of thiazole rings is 1. The molecule has 0 bridgehead atoms. The molecule has 0 aliphatic carbocycles. The molecule has 0 atom stereocenters. The van der Waals surface area contributed by atoms with Crippen molar-refractivity contribution in [1.29, 1.82) is 0 Å². The molecule has 0 spiro atoms. The van der Waals surface area contributed by atoms with Crippen LogP contribution in [0.3, 0.4) is 0 Å². The Morgan fingerprint density at radius 3 is 2.48 bits per heavy atom. The molecule has 0 aliphatic heterocycles. The molecule has 3 aromatic rings. The minimum absolute atomic E-state index is 0.767. The number of rotatable bonds is 5. The minimum atomic E-state index is 0.767. The van der Waals surface area contributed by atoms with Gasteiger partial charge in [-0.1, -0.05) is 24.3 Å². The highest BCUT2D eigenvalue weighted by Crippen LogP contribution is 2.23. The van der Waals surface area contributed by atoms with Gasteiger partial charge < -0.3 is 9.30 Å². The molecule has 3 nitrogen and oxygen atoms in total. The van der Waals surface area contributed by atoms with E-state index in [2.05, 4.69) is 23.4 Å². The van der Waals surface area contributed by atoms with E-state index in [1.165, 1.54) is 5.69 Å². The fraction of sp³-hybridized carbons (Fsp3) is 0.105. The van der Waals surface area contributed by atoms with Crippen molar-refractivity contribution in [3.05, 3.63) is 83.1 Å². The molecule has 0 saturated carbocycles. The van der Waals surface area contributed by atoms with E-state index in [1.54, 1.807) is 11.3 Å². The van der Waals surface area contributed by atoms with Gasteiger partial charge in [0.2, 0.25) is 0 Å². The van der Waals surface area contributed by atoms with Crippen LogP contribution in [0.25, 0.3) is 0 Å². The lowest BCUT2D eigenvalue weighted by molar-refractivity contribution is 0.483. The van der Waals surface area contributed by atoms with E-state index in [0.717, 1.165) is 28.5 Å². The molecule has 23 heavy (non-hydrogen) atoms. The summed E-state index contributed by atoms with van der Waals surface area (Å²) in [5.74, 6) is 1.63. The molecule has 0 amide bonds. The van der Waals surface area contributed by atoms with Crippen LogP contribution in [0.5, 0.6) is 11.5 Å². The van der Waals surface area contributed by atoms with Gasteiger partial charge in [0.1, 0.15) is 11.5 Å².